The molecule has 2 heteroatoms. The molecule has 0 bridgehead atoms. The number of carbonyl (C=O) groups excluding carboxylic acids is 1. The van der Waals surface area contributed by atoms with Gasteiger partial charge in [0.05, 0.1) is 12.7 Å². The topological polar surface area (TPSA) is 26.3 Å². The second-order valence-corrected chi connectivity index (χ2v) is 3.99. The minimum Gasteiger partial charge on any atom is -0.465 e. The predicted octanol–water partition coefficient (Wildman–Crippen LogP) is 3.24. The molecule has 0 N–H and O–H groups in total. The molecule has 0 radical (unpaired) electrons. The van der Waals surface area contributed by atoms with Gasteiger partial charge in [-0.15, -0.1) is 0 Å². The van der Waals surface area contributed by atoms with Crippen LogP contribution in [0, 0.1) is 13.8 Å². The fourth-order valence-electron chi connectivity index (χ4n) is 1.77. The maximum absolute atomic E-state index is 11.4. The van der Waals surface area contributed by atoms with Gasteiger partial charge < -0.3 is 4.74 Å². The molecule has 0 atom stereocenters. The van der Waals surface area contributed by atoms with Crippen LogP contribution in [0.2, 0.25) is 0 Å². The summed E-state index contributed by atoms with van der Waals surface area (Å²) in [5.41, 5.74) is 3.09. The van der Waals surface area contributed by atoms with Crippen LogP contribution in [0.1, 0.15) is 21.5 Å². The molecule has 2 nitrogen and oxygen atoms in total. The van der Waals surface area contributed by atoms with E-state index in [0.29, 0.717) is 5.56 Å². The molecular formula is C14H14O2. The van der Waals surface area contributed by atoms with Gasteiger partial charge in [-0.05, 0) is 47.9 Å². The van der Waals surface area contributed by atoms with Crippen LogP contribution in [0.5, 0.6) is 0 Å². The van der Waals surface area contributed by atoms with Crippen LogP contribution in [-0.2, 0) is 4.74 Å². The van der Waals surface area contributed by atoms with E-state index in [9.17, 15) is 4.79 Å². The number of methoxy groups -OCH3 is 1. The van der Waals surface area contributed by atoms with Gasteiger partial charge in [0, 0.05) is 0 Å². The van der Waals surface area contributed by atoms with Crippen LogP contribution in [0.15, 0.2) is 30.3 Å². The largest absolute Gasteiger partial charge is 0.465 e. The molecule has 2 aromatic carbocycles. The first-order chi connectivity index (χ1) is 7.61. The molecule has 0 aromatic heterocycles. The first-order valence-electron chi connectivity index (χ1n) is 5.21. The molecule has 2 rings (SSSR count). The molecule has 0 heterocycles. The highest BCUT2D eigenvalue weighted by Crippen LogP contribution is 2.21. The van der Waals surface area contributed by atoms with Crippen LogP contribution in [0.3, 0.4) is 0 Å². The third kappa shape index (κ3) is 1.78. The molecule has 0 unspecified atom stereocenters. The highest BCUT2D eigenvalue weighted by atomic mass is 16.5. The van der Waals surface area contributed by atoms with Crippen molar-refractivity contribution in [1.29, 1.82) is 0 Å². The van der Waals surface area contributed by atoms with Crippen molar-refractivity contribution in [2.45, 2.75) is 13.8 Å². The minimum atomic E-state index is -0.292. The smallest absolute Gasteiger partial charge is 0.337 e. The van der Waals surface area contributed by atoms with E-state index < -0.39 is 0 Å². The van der Waals surface area contributed by atoms with E-state index in [-0.39, 0.29) is 5.97 Å². The molecule has 0 saturated carbocycles. The highest BCUT2D eigenvalue weighted by molar-refractivity contribution is 5.95. The van der Waals surface area contributed by atoms with Crippen LogP contribution in [0.4, 0.5) is 0 Å². The Balaban J connectivity index is 2.62. The summed E-state index contributed by atoms with van der Waals surface area (Å²) in [5, 5.41) is 2.22. The normalized spacial score (nSPS) is 10.4. The maximum Gasteiger partial charge on any atom is 0.337 e. The number of esters is 1. The van der Waals surface area contributed by atoms with E-state index in [1.165, 1.54) is 18.2 Å². The van der Waals surface area contributed by atoms with E-state index >= 15 is 0 Å². The number of hydrogen-bond acceptors (Lipinski definition) is 2. The van der Waals surface area contributed by atoms with E-state index in [1.54, 1.807) is 6.07 Å². The lowest BCUT2D eigenvalue weighted by Gasteiger charge is -2.05. The van der Waals surface area contributed by atoms with Crippen LogP contribution in [-0.4, -0.2) is 13.1 Å². The zero-order chi connectivity index (χ0) is 11.7. The van der Waals surface area contributed by atoms with Gasteiger partial charge in [-0.25, -0.2) is 4.79 Å². The second kappa shape index (κ2) is 3.97. The Bertz CT molecular complexity index is 556. The second-order valence-electron chi connectivity index (χ2n) is 3.99. The number of ether oxygens (including phenoxy) is 1. The Labute approximate surface area is 94.8 Å². The Hall–Kier alpha value is -1.83. The lowest BCUT2D eigenvalue weighted by atomic mass is 10.0. The monoisotopic (exact) mass is 214 g/mol. The summed E-state index contributed by atoms with van der Waals surface area (Å²) in [6.45, 7) is 4.16. The molecule has 0 aliphatic heterocycles. The molecular weight excluding hydrogens is 200 g/mol. The summed E-state index contributed by atoms with van der Waals surface area (Å²) in [6.07, 6.45) is 0. The van der Waals surface area contributed by atoms with Crippen molar-refractivity contribution in [3.8, 4) is 0 Å². The standard InChI is InChI=1S/C14H14O2/c1-9-6-11-4-5-12(14(15)16-3)8-13(11)7-10(9)2/h4-8H,1-3H3. The van der Waals surface area contributed by atoms with E-state index in [2.05, 4.69) is 26.0 Å². The van der Waals surface area contributed by atoms with E-state index in [4.69, 9.17) is 4.74 Å². The molecule has 0 amide bonds. The van der Waals surface area contributed by atoms with E-state index in [1.807, 2.05) is 12.1 Å². The van der Waals surface area contributed by atoms with Gasteiger partial charge in [-0.1, -0.05) is 18.2 Å². The van der Waals surface area contributed by atoms with Crippen molar-refractivity contribution in [3.63, 3.8) is 0 Å². The predicted molar refractivity (Wildman–Crippen MR) is 64.8 cm³/mol. The fourth-order valence-corrected chi connectivity index (χ4v) is 1.77. The van der Waals surface area contributed by atoms with Crippen molar-refractivity contribution in [2.75, 3.05) is 7.11 Å². The molecule has 0 fully saturated rings. The van der Waals surface area contributed by atoms with Gasteiger partial charge in [-0.2, -0.15) is 0 Å². The summed E-state index contributed by atoms with van der Waals surface area (Å²) < 4.78 is 4.70. The maximum atomic E-state index is 11.4. The molecule has 0 aliphatic rings. The molecule has 0 saturated heterocycles. The molecule has 0 spiro atoms. The number of hydrogen-bond donors (Lipinski definition) is 0. The third-order valence-electron chi connectivity index (χ3n) is 2.87. The average Bonchev–Trinajstić information content (AvgIpc) is 2.29. The van der Waals surface area contributed by atoms with Gasteiger partial charge in [0.15, 0.2) is 0 Å². The van der Waals surface area contributed by atoms with E-state index in [0.717, 1.165) is 10.8 Å². The van der Waals surface area contributed by atoms with Crippen LogP contribution >= 0.6 is 0 Å². The number of carbonyl (C=O) groups is 1. The first kappa shape index (κ1) is 10.7. The third-order valence-corrected chi connectivity index (χ3v) is 2.87. The summed E-state index contributed by atoms with van der Waals surface area (Å²) >= 11 is 0. The van der Waals surface area contributed by atoms with Gasteiger partial charge in [0.1, 0.15) is 0 Å². The van der Waals surface area contributed by atoms with Crippen molar-refractivity contribution in [1.82, 2.24) is 0 Å². The van der Waals surface area contributed by atoms with Crippen molar-refractivity contribution in [3.05, 3.63) is 47.0 Å². The Morgan fingerprint density at radius 1 is 1.00 bits per heavy atom. The minimum absolute atomic E-state index is 0.292. The van der Waals surface area contributed by atoms with Crippen LogP contribution < -0.4 is 0 Å². The summed E-state index contributed by atoms with van der Waals surface area (Å²) in [6, 6.07) is 9.84. The molecule has 0 aliphatic carbocycles. The van der Waals surface area contributed by atoms with Crippen molar-refractivity contribution < 1.29 is 9.53 Å². The Kier molecular flexibility index (Phi) is 2.65. The quantitative estimate of drug-likeness (QED) is 0.681. The molecule has 2 aromatic rings. The fraction of sp³-hybridized carbons (Fsp3) is 0.214. The van der Waals surface area contributed by atoms with Gasteiger partial charge in [-0.3, -0.25) is 0 Å². The summed E-state index contributed by atoms with van der Waals surface area (Å²) in [4.78, 5) is 11.4. The molecule has 82 valence electrons. The number of fused-ring (bicyclic) bond motifs is 1. The van der Waals surface area contributed by atoms with Crippen molar-refractivity contribution in [2.24, 2.45) is 0 Å². The van der Waals surface area contributed by atoms with Gasteiger partial charge >= 0.3 is 5.97 Å². The molecule has 16 heavy (non-hydrogen) atoms. The van der Waals surface area contributed by atoms with Crippen molar-refractivity contribution >= 4 is 16.7 Å². The number of aryl methyl sites for hydroxylation is 2. The highest BCUT2D eigenvalue weighted by Gasteiger charge is 2.06. The van der Waals surface area contributed by atoms with Gasteiger partial charge in [0.2, 0.25) is 0 Å². The zero-order valence-electron chi connectivity index (χ0n) is 9.70. The Morgan fingerprint density at radius 2 is 1.62 bits per heavy atom. The number of benzene rings is 2. The average molecular weight is 214 g/mol. The Morgan fingerprint density at radius 3 is 2.25 bits per heavy atom. The summed E-state index contributed by atoms with van der Waals surface area (Å²) in [7, 11) is 1.40. The van der Waals surface area contributed by atoms with Crippen LogP contribution in [0.25, 0.3) is 10.8 Å². The zero-order valence-corrected chi connectivity index (χ0v) is 9.70. The SMILES string of the molecule is COC(=O)c1ccc2cc(C)c(C)cc2c1. The number of rotatable bonds is 1. The first-order valence-corrected chi connectivity index (χ1v) is 5.21. The lowest BCUT2D eigenvalue weighted by Crippen LogP contribution is -2.00. The van der Waals surface area contributed by atoms with Gasteiger partial charge in [0.25, 0.3) is 0 Å². The lowest BCUT2D eigenvalue weighted by molar-refractivity contribution is 0.0601. The summed E-state index contributed by atoms with van der Waals surface area (Å²) in [5.74, 6) is -0.292.